The maximum absolute atomic E-state index is 12.4. The smallest absolute Gasteiger partial charge is 0.255 e. The Balaban J connectivity index is 1.55. The van der Waals surface area contributed by atoms with Gasteiger partial charge in [-0.2, -0.15) is 0 Å². The first kappa shape index (κ1) is 18.9. The Bertz CT molecular complexity index is 779. The minimum absolute atomic E-state index is 0.0773. The van der Waals surface area contributed by atoms with Crippen LogP contribution in [0.1, 0.15) is 33.6 Å². The van der Waals surface area contributed by atoms with Gasteiger partial charge in [0.25, 0.3) is 11.8 Å². The molecule has 1 aliphatic rings. The number of hydrogen-bond acceptors (Lipinski definition) is 4. The van der Waals surface area contributed by atoms with E-state index < -0.39 is 0 Å². The van der Waals surface area contributed by atoms with Crippen LogP contribution in [0, 0.1) is 0 Å². The average Bonchev–Trinajstić information content (AvgIpc) is 3.20. The normalized spacial score (nSPS) is 16.0. The van der Waals surface area contributed by atoms with Crippen LogP contribution in [0.15, 0.2) is 48.5 Å². The third-order valence-electron chi connectivity index (χ3n) is 4.37. The van der Waals surface area contributed by atoms with E-state index in [9.17, 15) is 9.59 Å². The van der Waals surface area contributed by atoms with E-state index in [0.717, 1.165) is 19.4 Å². The second-order valence-electron chi connectivity index (χ2n) is 6.70. The van der Waals surface area contributed by atoms with Crippen molar-refractivity contribution in [3.63, 3.8) is 0 Å². The number of nitrogens with one attached hydrogen (secondary N) is 1. The standard InChI is InChI=1S/C21H24N2O4/c1-23(2)21(25)16-5-9-17(10-6-16)22-20(24)15-7-11-18(12-8-15)27-14-19-4-3-13-26-19/h5-12,19H,3-4,13-14H2,1-2H3,(H,22,24). The van der Waals surface area contributed by atoms with Gasteiger partial charge < -0.3 is 19.7 Å². The Labute approximate surface area is 159 Å². The molecular formula is C21H24N2O4. The number of carbonyl (C=O) groups is 2. The fraction of sp³-hybridized carbons (Fsp3) is 0.333. The highest BCUT2D eigenvalue weighted by molar-refractivity contribution is 6.04. The Kier molecular flexibility index (Phi) is 6.08. The van der Waals surface area contributed by atoms with Crippen LogP contribution in [-0.2, 0) is 4.74 Å². The molecule has 6 heteroatoms. The van der Waals surface area contributed by atoms with Gasteiger partial charge in [0.15, 0.2) is 0 Å². The quantitative estimate of drug-likeness (QED) is 0.850. The van der Waals surface area contributed by atoms with Gasteiger partial charge in [-0.25, -0.2) is 0 Å². The van der Waals surface area contributed by atoms with Crippen LogP contribution in [0.5, 0.6) is 5.75 Å². The summed E-state index contributed by atoms with van der Waals surface area (Å²) in [4.78, 5) is 25.8. The molecule has 1 aliphatic heterocycles. The van der Waals surface area contributed by atoms with Crippen LogP contribution >= 0.6 is 0 Å². The van der Waals surface area contributed by atoms with Crippen molar-refractivity contribution in [2.45, 2.75) is 18.9 Å². The highest BCUT2D eigenvalue weighted by Crippen LogP contribution is 2.18. The van der Waals surface area contributed by atoms with Crippen molar-refractivity contribution in [2.24, 2.45) is 0 Å². The van der Waals surface area contributed by atoms with Crippen molar-refractivity contribution in [2.75, 3.05) is 32.6 Å². The number of benzene rings is 2. The van der Waals surface area contributed by atoms with E-state index in [-0.39, 0.29) is 17.9 Å². The fourth-order valence-electron chi connectivity index (χ4n) is 2.83. The number of amides is 2. The van der Waals surface area contributed by atoms with Crippen LogP contribution < -0.4 is 10.1 Å². The fourth-order valence-corrected chi connectivity index (χ4v) is 2.83. The molecule has 1 saturated heterocycles. The number of nitrogens with zero attached hydrogens (tertiary/aromatic N) is 1. The van der Waals surface area contributed by atoms with E-state index in [1.807, 2.05) is 0 Å². The van der Waals surface area contributed by atoms with E-state index in [2.05, 4.69) is 5.32 Å². The van der Waals surface area contributed by atoms with E-state index in [4.69, 9.17) is 9.47 Å². The molecule has 0 radical (unpaired) electrons. The molecule has 1 heterocycles. The van der Waals surface area contributed by atoms with E-state index in [1.54, 1.807) is 62.6 Å². The minimum atomic E-state index is -0.215. The zero-order valence-corrected chi connectivity index (χ0v) is 15.6. The molecule has 0 aromatic heterocycles. The van der Waals surface area contributed by atoms with Crippen LogP contribution in [0.3, 0.4) is 0 Å². The highest BCUT2D eigenvalue weighted by Gasteiger charge is 2.16. The molecule has 2 aromatic carbocycles. The first-order valence-corrected chi connectivity index (χ1v) is 9.00. The predicted molar refractivity (Wildman–Crippen MR) is 103 cm³/mol. The van der Waals surface area contributed by atoms with E-state index >= 15 is 0 Å². The van der Waals surface area contributed by atoms with Crippen LogP contribution in [0.25, 0.3) is 0 Å². The lowest BCUT2D eigenvalue weighted by molar-refractivity contribution is 0.0679. The van der Waals surface area contributed by atoms with Gasteiger partial charge >= 0.3 is 0 Å². The van der Waals surface area contributed by atoms with Gasteiger partial charge in [0.05, 0.1) is 6.10 Å². The molecule has 1 N–H and O–H groups in total. The second-order valence-corrected chi connectivity index (χ2v) is 6.70. The maximum Gasteiger partial charge on any atom is 0.255 e. The van der Waals surface area contributed by atoms with Gasteiger partial charge in [-0.05, 0) is 61.4 Å². The lowest BCUT2D eigenvalue weighted by atomic mass is 10.1. The Hall–Kier alpha value is -2.86. The van der Waals surface area contributed by atoms with Crippen LogP contribution in [0.2, 0.25) is 0 Å². The van der Waals surface area contributed by atoms with Gasteiger partial charge in [0.1, 0.15) is 12.4 Å². The zero-order valence-electron chi connectivity index (χ0n) is 15.6. The van der Waals surface area contributed by atoms with Crippen LogP contribution in [-0.4, -0.2) is 50.1 Å². The number of rotatable bonds is 6. The molecule has 0 saturated carbocycles. The molecule has 0 aliphatic carbocycles. The molecule has 142 valence electrons. The summed E-state index contributed by atoms with van der Waals surface area (Å²) in [6, 6.07) is 13.8. The molecule has 1 fully saturated rings. The second kappa shape index (κ2) is 8.68. The summed E-state index contributed by atoms with van der Waals surface area (Å²) in [6.45, 7) is 1.33. The summed E-state index contributed by atoms with van der Waals surface area (Å²) in [6.07, 6.45) is 2.27. The summed E-state index contributed by atoms with van der Waals surface area (Å²) in [5.74, 6) is 0.424. The summed E-state index contributed by atoms with van der Waals surface area (Å²) in [5, 5.41) is 2.83. The zero-order chi connectivity index (χ0) is 19.2. The summed E-state index contributed by atoms with van der Waals surface area (Å²) in [7, 11) is 3.40. The summed E-state index contributed by atoms with van der Waals surface area (Å²) in [5.41, 5.74) is 1.74. The maximum atomic E-state index is 12.4. The van der Waals surface area contributed by atoms with Crippen molar-refractivity contribution in [3.05, 3.63) is 59.7 Å². The molecule has 6 nitrogen and oxygen atoms in total. The Morgan fingerprint density at radius 2 is 1.74 bits per heavy atom. The molecule has 1 atom stereocenters. The van der Waals surface area contributed by atoms with Gasteiger partial charge in [-0.15, -0.1) is 0 Å². The number of carbonyl (C=O) groups excluding carboxylic acids is 2. The van der Waals surface area contributed by atoms with E-state index in [1.165, 1.54) is 4.90 Å². The Morgan fingerprint density at radius 1 is 1.07 bits per heavy atom. The monoisotopic (exact) mass is 368 g/mol. The van der Waals surface area contributed by atoms with Crippen LogP contribution in [0.4, 0.5) is 5.69 Å². The van der Waals surface area contributed by atoms with Crippen molar-refractivity contribution < 1.29 is 19.1 Å². The highest BCUT2D eigenvalue weighted by atomic mass is 16.5. The van der Waals surface area contributed by atoms with Gasteiger partial charge in [0.2, 0.25) is 0 Å². The van der Waals surface area contributed by atoms with E-state index in [0.29, 0.717) is 29.2 Å². The predicted octanol–water partition coefficient (Wildman–Crippen LogP) is 3.20. The lowest BCUT2D eigenvalue weighted by Crippen LogP contribution is -2.21. The summed E-state index contributed by atoms with van der Waals surface area (Å²) < 4.78 is 11.2. The van der Waals surface area contributed by atoms with Gasteiger partial charge in [-0.1, -0.05) is 0 Å². The van der Waals surface area contributed by atoms with Crippen molar-refractivity contribution >= 4 is 17.5 Å². The molecule has 27 heavy (non-hydrogen) atoms. The van der Waals surface area contributed by atoms with Crippen molar-refractivity contribution in [1.82, 2.24) is 4.90 Å². The van der Waals surface area contributed by atoms with Gasteiger partial charge in [-0.3, -0.25) is 9.59 Å². The average molecular weight is 368 g/mol. The molecule has 0 bridgehead atoms. The number of ether oxygens (including phenoxy) is 2. The number of hydrogen-bond donors (Lipinski definition) is 1. The Morgan fingerprint density at radius 3 is 2.33 bits per heavy atom. The molecular weight excluding hydrogens is 344 g/mol. The SMILES string of the molecule is CN(C)C(=O)c1ccc(NC(=O)c2ccc(OCC3CCCO3)cc2)cc1. The third kappa shape index (κ3) is 5.08. The lowest BCUT2D eigenvalue weighted by Gasteiger charge is -2.12. The van der Waals surface area contributed by atoms with Gasteiger partial charge in [0, 0.05) is 37.5 Å². The first-order chi connectivity index (χ1) is 13.0. The molecule has 2 aromatic rings. The topological polar surface area (TPSA) is 67.9 Å². The summed E-state index contributed by atoms with van der Waals surface area (Å²) >= 11 is 0. The first-order valence-electron chi connectivity index (χ1n) is 9.00. The van der Waals surface area contributed by atoms with Crippen molar-refractivity contribution in [1.29, 1.82) is 0 Å². The van der Waals surface area contributed by atoms with Crippen molar-refractivity contribution in [3.8, 4) is 5.75 Å². The number of anilines is 1. The third-order valence-corrected chi connectivity index (χ3v) is 4.37. The largest absolute Gasteiger partial charge is 0.491 e. The minimum Gasteiger partial charge on any atom is -0.491 e. The molecule has 2 amide bonds. The molecule has 3 rings (SSSR count). The molecule has 1 unspecified atom stereocenters. The molecule has 0 spiro atoms.